The van der Waals surface area contributed by atoms with Crippen LogP contribution >= 0.6 is 0 Å². The molecule has 0 amide bonds. The van der Waals surface area contributed by atoms with Crippen LogP contribution in [-0.4, -0.2) is 26.2 Å². The van der Waals surface area contributed by atoms with Gasteiger partial charge in [0.2, 0.25) is 0 Å². The number of benzene rings is 3. The molecule has 0 aliphatic heterocycles. The molecule has 0 unspecified atom stereocenters. The summed E-state index contributed by atoms with van der Waals surface area (Å²) < 4.78 is 11.1. The number of fused-ring (bicyclic) bond motifs is 4. The second-order valence-electron chi connectivity index (χ2n) is 18.9. The third-order valence-corrected chi connectivity index (χ3v) is 14.8. The van der Waals surface area contributed by atoms with E-state index in [2.05, 4.69) is 55.4 Å². The van der Waals surface area contributed by atoms with Crippen molar-refractivity contribution in [3.8, 4) is 0 Å². The zero-order valence-corrected chi connectivity index (χ0v) is 41.4. The number of carbonyl (C=O) groups excluding carboxylic acids is 2. The normalized spacial score (nSPS) is 12.8. The molecule has 0 N–H and O–H groups in total. The van der Waals surface area contributed by atoms with Crippen LogP contribution in [0.2, 0.25) is 0 Å². The maximum Gasteiger partial charge on any atom is 0.339 e. The first-order valence-electron chi connectivity index (χ1n) is 25.9. The van der Waals surface area contributed by atoms with E-state index >= 15 is 0 Å². The number of unbranched alkanes of at least 4 members (excludes halogenated alkanes) is 8. The number of carbonyl (C=O) groups is 2. The Morgan fingerprint density at radius 3 is 0.742 bits per heavy atom. The van der Waals surface area contributed by atoms with E-state index in [9.17, 15) is 9.59 Å². The largest absolute Gasteiger partial charge is 0.465 e. The summed E-state index contributed by atoms with van der Waals surface area (Å²) in [7, 11) is 2.92. The van der Waals surface area contributed by atoms with Gasteiger partial charge < -0.3 is 9.47 Å². The van der Waals surface area contributed by atoms with E-state index in [1.807, 2.05) is 0 Å². The van der Waals surface area contributed by atoms with E-state index in [1.54, 1.807) is 66.8 Å². The molecule has 0 fully saturated rings. The quantitative estimate of drug-likeness (QED) is 0.0520. The first kappa shape index (κ1) is 49.6. The summed E-state index contributed by atoms with van der Waals surface area (Å²) in [5.41, 5.74) is 25.6. The number of methoxy groups -OCH3 is 2. The lowest BCUT2D eigenvalue weighted by atomic mass is 9.67. The van der Waals surface area contributed by atoms with Crippen LogP contribution in [-0.2, 0) is 86.5 Å². The molecule has 2 aliphatic carbocycles. The molecule has 0 saturated carbocycles. The van der Waals surface area contributed by atoms with Crippen molar-refractivity contribution in [2.45, 2.75) is 235 Å². The van der Waals surface area contributed by atoms with Gasteiger partial charge in [0.05, 0.1) is 25.3 Å². The minimum Gasteiger partial charge on any atom is -0.465 e. The van der Waals surface area contributed by atoms with Crippen molar-refractivity contribution in [3.05, 3.63) is 100 Å². The minimum absolute atomic E-state index is 0.407. The first-order valence-corrected chi connectivity index (χ1v) is 25.9. The van der Waals surface area contributed by atoms with Gasteiger partial charge in [0, 0.05) is 0 Å². The first-order chi connectivity index (χ1) is 30.2. The van der Waals surface area contributed by atoms with Gasteiger partial charge in [-0.1, -0.05) is 107 Å². The average molecular weight is 847 g/mol. The molecule has 0 saturated heterocycles. The van der Waals surface area contributed by atoms with Gasteiger partial charge in [-0.3, -0.25) is 0 Å². The number of rotatable bonds is 26. The van der Waals surface area contributed by atoms with E-state index in [1.165, 1.54) is 115 Å². The second kappa shape index (κ2) is 24.6. The zero-order chi connectivity index (χ0) is 44.8. The predicted molar refractivity (Wildman–Crippen MR) is 262 cm³/mol. The topological polar surface area (TPSA) is 52.6 Å². The van der Waals surface area contributed by atoms with Gasteiger partial charge >= 0.3 is 11.9 Å². The standard InChI is InChI=1S/C58H86O4/c1-11-19-27-39-40(28-20-12-2)42(30-22-14-4)48-36-50-44(32-24-16-6)52-38-54-46(34-26-18-8)56(58(60)62-10)55(57(59)61-9)45(33-25-17-7)53(54)37-51(52)43(31-23-15-5)49(50)35-47(48)41(39)29-21-13-3/h11-38H2,1-10H3. The summed E-state index contributed by atoms with van der Waals surface area (Å²) in [4.78, 5) is 28.1. The van der Waals surface area contributed by atoms with Gasteiger partial charge in [0.25, 0.3) is 0 Å². The van der Waals surface area contributed by atoms with Gasteiger partial charge in [-0.25, -0.2) is 9.59 Å². The summed E-state index contributed by atoms with van der Waals surface area (Å²) in [6.07, 6.45) is 30.9. The van der Waals surface area contributed by atoms with Crippen molar-refractivity contribution >= 4 is 11.9 Å². The lowest BCUT2D eigenvalue weighted by Gasteiger charge is -2.37. The Hall–Kier alpha value is -3.40. The molecule has 0 spiro atoms. The molecule has 0 bridgehead atoms. The van der Waals surface area contributed by atoms with E-state index in [-0.39, 0.29) is 0 Å². The third kappa shape index (κ3) is 10.6. The van der Waals surface area contributed by atoms with Crippen LogP contribution in [0.3, 0.4) is 0 Å². The molecule has 62 heavy (non-hydrogen) atoms. The van der Waals surface area contributed by atoms with Crippen molar-refractivity contribution in [3.63, 3.8) is 0 Å². The highest BCUT2D eigenvalue weighted by molar-refractivity contribution is 6.06. The Labute approximate surface area is 379 Å². The minimum atomic E-state index is -0.407. The monoisotopic (exact) mass is 847 g/mol. The molecule has 342 valence electrons. The molecule has 0 radical (unpaired) electrons. The van der Waals surface area contributed by atoms with Gasteiger partial charge in [-0.2, -0.15) is 0 Å². The lowest BCUT2D eigenvalue weighted by Crippen LogP contribution is -2.27. The molecule has 4 nitrogen and oxygen atoms in total. The highest BCUT2D eigenvalue weighted by Crippen LogP contribution is 2.47. The molecular weight excluding hydrogens is 761 g/mol. The maximum atomic E-state index is 14.0. The van der Waals surface area contributed by atoms with Crippen LogP contribution in [0.15, 0.2) is 0 Å². The number of hydrogen-bond acceptors (Lipinski definition) is 4. The van der Waals surface area contributed by atoms with Crippen LogP contribution in [0.25, 0.3) is 0 Å². The van der Waals surface area contributed by atoms with Gasteiger partial charge in [-0.15, -0.1) is 0 Å². The number of ether oxygens (including phenoxy) is 2. The van der Waals surface area contributed by atoms with Gasteiger partial charge in [0.1, 0.15) is 0 Å². The molecule has 2 aliphatic rings. The summed E-state index contributed by atoms with van der Waals surface area (Å²) in [6, 6.07) is 0. The van der Waals surface area contributed by atoms with Crippen molar-refractivity contribution in [2.24, 2.45) is 0 Å². The van der Waals surface area contributed by atoms with Crippen molar-refractivity contribution < 1.29 is 19.1 Å². The van der Waals surface area contributed by atoms with Crippen LogP contribution in [0.4, 0.5) is 0 Å². The van der Waals surface area contributed by atoms with Crippen LogP contribution < -0.4 is 0 Å². The SMILES string of the molecule is CCCCc1c(CCCC)c(CCCC)c2c(c1CCCC)Cc1c(CCCC)c3c(c(CCCC)c1C2)Cc1c(c(CCCC)c(C(=O)OC)c(C(=O)OC)c1CCCC)C3. The van der Waals surface area contributed by atoms with Crippen LogP contribution in [0.1, 0.15) is 268 Å². The fraction of sp³-hybridized carbons (Fsp3) is 0.655. The molecule has 4 heteroatoms. The summed E-state index contributed by atoms with van der Waals surface area (Å²) in [5, 5.41) is 0. The Bertz CT molecular complexity index is 1860. The maximum absolute atomic E-state index is 14.0. The fourth-order valence-corrected chi connectivity index (χ4v) is 11.4. The number of esters is 2. The van der Waals surface area contributed by atoms with Crippen molar-refractivity contribution in [1.82, 2.24) is 0 Å². The van der Waals surface area contributed by atoms with Crippen molar-refractivity contribution in [2.75, 3.05) is 14.2 Å². The number of hydrogen-bond donors (Lipinski definition) is 0. The molecule has 0 aromatic heterocycles. The van der Waals surface area contributed by atoms with E-state index < -0.39 is 11.9 Å². The van der Waals surface area contributed by atoms with Crippen molar-refractivity contribution in [1.29, 1.82) is 0 Å². The van der Waals surface area contributed by atoms with Gasteiger partial charge in [-0.05, 0) is 217 Å². The third-order valence-electron chi connectivity index (χ3n) is 14.8. The Balaban J connectivity index is 1.92. The molecule has 3 aromatic rings. The zero-order valence-electron chi connectivity index (χ0n) is 41.4. The van der Waals surface area contributed by atoms with E-state index in [0.29, 0.717) is 11.1 Å². The smallest absolute Gasteiger partial charge is 0.339 e. The van der Waals surface area contributed by atoms with E-state index in [0.717, 1.165) is 101 Å². The van der Waals surface area contributed by atoms with Crippen LogP contribution in [0.5, 0.6) is 0 Å². The van der Waals surface area contributed by atoms with Crippen LogP contribution in [0, 0.1) is 0 Å². The highest BCUT2D eigenvalue weighted by Gasteiger charge is 2.37. The molecule has 0 atom stereocenters. The summed E-state index contributed by atoms with van der Waals surface area (Å²) in [5.74, 6) is -0.814. The summed E-state index contributed by atoms with van der Waals surface area (Å²) >= 11 is 0. The predicted octanol–water partition coefficient (Wildman–Crippen LogP) is 15.0. The molecule has 3 aromatic carbocycles. The molecular formula is C58H86O4. The fourth-order valence-electron chi connectivity index (χ4n) is 11.4. The average Bonchev–Trinajstić information content (AvgIpc) is 3.29. The lowest BCUT2D eigenvalue weighted by molar-refractivity contribution is 0.0552. The molecule has 0 heterocycles. The second-order valence-corrected chi connectivity index (χ2v) is 18.9. The Kier molecular flexibility index (Phi) is 19.7. The summed E-state index contributed by atoms with van der Waals surface area (Å²) in [6.45, 7) is 18.6. The molecule has 5 rings (SSSR count). The van der Waals surface area contributed by atoms with E-state index in [4.69, 9.17) is 9.47 Å². The Morgan fingerprint density at radius 1 is 0.306 bits per heavy atom. The Morgan fingerprint density at radius 2 is 0.500 bits per heavy atom. The van der Waals surface area contributed by atoms with Gasteiger partial charge in [0.15, 0.2) is 0 Å². The highest BCUT2D eigenvalue weighted by atomic mass is 16.5.